The second kappa shape index (κ2) is 8.31. The number of hydrogen-bond acceptors (Lipinski definition) is 4. The molecule has 5 nitrogen and oxygen atoms in total. The van der Waals surface area contributed by atoms with Gasteiger partial charge in [0.25, 0.3) is 0 Å². The Morgan fingerprint density at radius 1 is 1.08 bits per heavy atom. The molecule has 1 aromatic rings. The molecule has 144 valence electrons. The standard InChI is InChI=1S/C21H33N3O2/c1-14(2)24-12-10-21(11-13-24,23-17(5)18(6)25)20(26)22-19-15(3)8-7-9-16(19)4/h7-9,14,17,23H,10-13H2,1-6H3,(H,22,26). The van der Waals surface area contributed by atoms with Crippen molar-refractivity contribution in [1.29, 1.82) is 0 Å². The van der Waals surface area contributed by atoms with Crippen LogP contribution >= 0.6 is 0 Å². The molecule has 1 unspecified atom stereocenters. The van der Waals surface area contributed by atoms with Crippen molar-refractivity contribution in [2.75, 3.05) is 18.4 Å². The predicted octanol–water partition coefficient (Wildman–Crippen LogP) is 3.05. The fourth-order valence-corrected chi connectivity index (χ4v) is 3.62. The number of likely N-dealkylation sites (tertiary alicyclic amines) is 1. The molecule has 0 radical (unpaired) electrons. The summed E-state index contributed by atoms with van der Waals surface area (Å²) in [5, 5.41) is 6.51. The summed E-state index contributed by atoms with van der Waals surface area (Å²) < 4.78 is 0. The van der Waals surface area contributed by atoms with Gasteiger partial charge in [0.05, 0.1) is 6.04 Å². The van der Waals surface area contributed by atoms with Crippen molar-refractivity contribution < 1.29 is 9.59 Å². The monoisotopic (exact) mass is 359 g/mol. The second-order valence-corrected chi connectivity index (χ2v) is 7.91. The highest BCUT2D eigenvalue weighted by atomic mass is 16.2. The highest BCUT2D eigenvalue weighted by Crippen LogP contribution is 2.28. The number of aryl methyl sites for hydroxylation is 2. The minimum Gasteiger partial charge on any atom is -0.324 e. The van der Waals surface area contributed by atoms with Gasteiger partial charge in [0.1, 0.15) is 11.3 Å². The van der Waals surface area contributed by atoms with Crippen molar-refractivity contribution in [1.82, 2.24) is 10.2 Å². The van der Waals surface area contributed by atoms with Gasteiger partial charge in [-0.15, -0.1) is 0 Å². The average molecular weight is 360 g/mol. The Bertz CT molecular complexity index is 641. The lowest BCUT2D eigenvalue weighted by Crippen LogP contribution is -2.63. The van der Waals surface area contributed by atoms with Gasteiger partial charge in [-0.25, -0.2) is 0 Å². The molecule has 1 amide bonds. The molecular formula is C21H33N3O2. The molecular weight excluding hydrogens is 326 g/mol. The molecule has 0 bridgehead atoms. The van der Waals surface area contributed by atoms with Crippen molar-refractivity contribution in [3.8, 4) is 0 Å². The highest BCUT2D eigenvalue weighted by Gasteiger charge is 2.43. The van der Waals surface area contributed by atoms with Crippen molar-refractivity contribution in [3.05, 3.63) is 29.3 Å². The summed E-state index contributed by atoms with van der Waals surface area (Å²) in [5.74, 6) is 0.0157. The number of nitrogens with zero attached hydrogens (tertiary/aromatic N) is 1. The van der Waals surface area contributed by atoms with Gasteiger partial charge < -0.3 is 10.2 Å². The molecule has 0 saturated carbocycles. The molecule has 0 aromatic heterocycles. The van der Waals surface area contributed by atoms with Gasteiger partial charge in [-0.2, -0.15) is 0 Å². The summed E-state index contributed by atoms with van der Waals surface area (Å²) >= 11 is 0. The third-order valence-electron chi connectivity index (χ3n) is 5.64. The van der Waals surface area contributed by atoms with Gasteiger partial charge in [0.15, 0.2) is 0 Å². The number of anilines is 1. The number of carbonyl (C=O) groups is 2. The van der Waals surface area contributed by atoms with E-state index in [4.69, 9.17) is 0 Å². The average Bonchev–Trinajstić information content (AvgIpc) is 2.58. The lowest BCUT2D eigenvalue weighted by Gasteiger charge is -2.43. The SMILES string of the molecule is CC(=O)C(C)NC1(C(=O)Nc2c(C)cccc2C)CCN(C(C)C)CC1. The molecule has 1 fully saturated rings. The zero-order chi connectivity index (χ0) is 19.5. The summed E-state index contributed by atoms with van der Waals surface area (Å²) in [6, 6.07) is 6.11. The van der Waals surface area contributed by atoms with Gasteiger partial charge in [0, 0.05) is 24.8 Å². The molecule has 1 saturated heterocycles. The molecule has 1 aromatic carbocycles. The number of hydrogen-bond donors (Lipinski definition) is 2. The zero-order valence-electron chi connectivity index (χ0n) is 17.0. The highest BCUT2D eigenvalue weighted by molar-refractivity contribution is 6.00. The van der Waals surface area contributed by atoms with Crippen LogP contribution in [0.2, 0.25) is 0 Å². The van der Waals surface area contributed by atoms with E-state index >= 15 is 0 Å². The Kier molecular flexibility index (Phi) is 6.58. The van der Waals surface area contributed by atoms with Crippen LogP contribution in [0.1, 0.15) is 51.7 Å². The lowest BCUT2D eigenvalue weighted by molar-refractivity contribution is -0.126. The summed E-state index contributed by atoms with van der Waals surface area (Å²) in [6.07, 6.45) is 1.39. The van der Waals surface area contributed by atoms with E-state index in [1.807, 2.05) is 39.0 Å². The van der Waals surface area contributed by atoms with E-state index in [1.54, 1.807) is 6.92 Å². The van der Waals surface area contributed by atoms with Crippen molar-refractivity contribution in [2.45, 2.75) is 72.0 Å². The first-order valence-corrected chi connectivity index (χ1v) is 9.56. The minimum absolute atomic E-state index is 0.0357. The summed E-state index contributed by atoms with van der Waals surface area (Å²) in [6.45, 7) is 13.4. The molecule has 1 atom stereocenters. The molecule has 2 N–H and O–H groups in total. The smallest absolute Gasteiger partial charge is 0.244 e. The van der Waals surface area contributed by atoms with Gasteiger partial charge in [-0.05, 0) is 65.5 Å². The molecule has 26 heavy (non-hydrogen) atoms. The predicted molar refractivity (Wildman–Crippen MR) is 106 cm³/mol. The number of amides is 1. The van der Waals surface area contributed by atoms with E-state index in [9.17, 15) is 9.59 Å². The van der Waals surface area contributed by atoms with E-state index in [0.29, 0.717) is 18.9 Å². The van der Waals surface area contributed by atoms with Crippen LogP contribution in [0.25, 0.3) is 0 Å². The largest absolute Gasteiger partial charge is 0.324 e. The first-order valence-electron chi connectivity index (χ1n) is 9.56. The van der Waals surface area contributed by atoms with Crippen molar-refractivity contribution in [3.63, 3.8) is 0 Å². The van der Waals surface area contributed by atoms with Crippen LogP contribution in [0.3, 0.4) is 0 Å². The Labute approximate surface area is 157 Å². The maximum Gasteiger partial charge on any atom is 0.244 e. The molecule has 5 heteroatoms. The molecule has 1 aliphatic heterocycles. The number of ketones is 1. The molecule has 0 spiro atoms. The fourth-order valence-electron chi connectivity index (χ4n) is 3.62. The molecule has 0 aliphatic carbocycles. The summed E-state index contributed by atoms with van der Waals surface area (Å²) in [5.41, 5.74) is 2.26. The van der Waals surface area contributed by atoms with Crippen LogP contribution in [-0.2, 0) is 9.59 Å². The van der Waals surface area contributed by atoms with Crippen LogP contribution in [0.4, 0.5) is 5.69 Å². The number of nitrogens with one attached hydrogen (secondary N) is 2. The summed E-state index contributed by atoms with van der Waals surface area (Å²) in [4.78, 5) is 27.5. The van der Waals surface area contributed by atoms with E-state index in [2.05, 4.69) is 29.4 Å². The van der Waals surface area contributed by atoms with E-state index in [1.165, 1.54) is 0 Å². The van der Waals surface area contributed by atoms with Crippen LogP contribution in [0.5, 0.6) is 0 Å². The minimum atomic E-state index is -0.717. The van der Waals surface area contributed by atoms with E-state index in [0.717, 1.165) is 29.9 Å². The van der Waals surface area contributed by atoms with E-state index in [-0.39, 0.29) is 17.7 Å². The van der Waals surface area contributed by atoms with Gasteiger partial charge >= 0.3 is 0 Å². The third-order valence-corrected chi connectivity index (χ3v) is 5.64. The molecule has 1 aliphatic rings. The van der Waals surface area contributed by atoms with Crippen LogP contribution in [0, 0.1) is 13.8 Å². The first kappa shape index (κ1) is 20.6. The lowest BCUT2D eigenvalue weighted by atomic mass is 9.84. The van der Waals surface area contributed by atoms with Gasteiger partial charge in [-0.3, -0.25) is 14.9 Å². The number of Topliss-reactive ketones (excluding diaryl/α,β-unsaturated/α-hetero) is 1. The van der Waals surface area contributed by atoms with Crippen LogP contribution in [0.15, 0.2) is 18.2 Å². The maximum atomic E-state index is 13.3. The van der Waals surface area contributed by atoms with Crippen molar-refractivity contribution >= 4 is 17.4 Å². The number of rotatable bonds is 6. The van der Waals surface area contributed by atoms with Crippen molar-refractivity contribution in [2.24, 2.45) is 0 Å². The molecule has 2 rings (SSSR count). The second-order valence-electron chi connectivity index (χ2n) is 7.91. The molecule has 1 heterocycles. The third kappa shape index (κ3) is 4.51. The Morgan fingerprint density at radius 2 is 1.62 bits per heavy atom. The van der Waals surface area contributed by atoms with E-state index < -0.39 is 5.54 Å². The van der Waals surface area contributed by atoms with Gasteiger partial charge in [-0.1, -0.05) is 18.2 Å². The quantitative estimate of drug-likeness (QED) is 0.819. The topological polar surface area (TPSA) is 61.4 Å². The number of carbonyl (C=O) groups excluding carboxylic acids is 2. The number of benzene rings is 1. The first-order chi connectivity index (χ1) is 12.2. The Hall–Kier alpha value is -1.72. The zero-order valence-corrected chi connectivity index (χ0v) is 17.0. The van der Waals surface area contributed by atoms with Crippen LogP contribution in [-0.4, -0.2) is 47.3 Å². The number of piperidine rings is 1. The maximum absolute atomic E-state index is 13.3. The van der Waals surface area contributed by atoms with Gasteiger partial charge in [0.2, 0.25) is 5.91 Å². The summed E-state index contributed by atoms with van der Waals surface area (Å²) in [7, 11) is 0. The Morgan fingerprint density at radius 3 is 2.08 bits per heavy atom. The number of para-hydroxylation sites is 1. The van der Waals surface area contributed by atoms with Crippen LogP contribution < -0.4 is 10.6 Å². The fraction of sp³-hybridized carbons (Fsp3) is 0.619. The normalized spacial score (nSPS) is 18.6. The Balaban J connectivity index is 2.26.